The number of phenolic OH excluding ortho intramolecular Hbond substituents is 1. The maximum Gasteiger partial charge on any atom is 0.410 e. The maximum absolute atomic E-state index is 12.3. The molecule has 0 aromatic heterocycles. The van der Waals surface area contributed by atoms with Crippen LogP contribution in [0.5, 0.6) is 11.5 Å². The molecule has 1 aromatic rings. The third kappa shape index (κ3) is 3.15. The van der Waals surface area contributed by atoms with E-state index in [0.29, 0.717) is 17.9 Å². The summed E-state index contributed by atoms with van der Waals surface area (Å²) in [6.07, 6.45) is -0.398. The fourth-order valence-corrected chi connectivity index (χ4v) is 2.04. The van der Waals surface area contributed by atoms with Crippen LogP contribution in [0.1, 0.15) is 33.3 Å². The number of phenols is 1. The highest BCUT2D eigenvalue weighted by molar-refractivity contribution is 5.69. The van der Waals surface area contributed by atoms with Gasteiger partial charge in [0, 0.05) is 0 Å². The molecule has 5 nitrogen and oxygen atoms in total. The van der Waals surface area contributed by atoms with Crippen LogP contribution in [0.15, 0.2) is 18.2 Å². The molecule has 1 aliphatic heterocycles. The molecular weight excluding hydrogens is 258 g/mol. The summed E-state index contributed by atoms with van der Waals surface area (Å²) >= 11 is 0. The zero-order valence-corrected chi connectivity index (χ0v) is 12.3. The summed E-state index contributed by atoms with van der Waals surface area (Å²) in [7, 11) is 0. The van der Waals surface area contributed by atoms with E-state index in [2.05, 4.69) is 0 Å². The van der Waals surface area contributed by atoms with Crippen LogP contribution in [0.2, 0.25) is 0 Å². The van der Waals surface area contributed by atoms with Gasteiger partial charge in [-0.25, -0.2) is 4.79 Å². The number of nitrogens with zero attached hydrogens (tertiary/aromatic N) is 1. The van der Waals surface area contributed by atoms with Crippen molar-refractivity contribution in [1.29, 1.82) is 0 Å². The number of hydrogen-bond acceptors (Lipinski definition) is 4. The molecular formula is C15H21NO4. The molecule has 0 saturated heterocycles. The summed E-state index contributed by atoms with van der Waals surface area (Å²) in [4.78, 5) is 13.8. The molecule has 5 heteroatoms. The normalized spacial score (nSPS) is 18.8. The Bertz CT molecular complexity index is 507. The zero-order valence-electron chi connectivity index (χ0n) is 12.3. The van der Waals surface area contributed by atoms with Gasteiger partial charge in [-0.3, -0.25) is 4.90 Å². The van der Waals surface area contributed by atoms with Crippen molar-refractivity contribution in [3.63, 3.8) is 0 Å². The highest BCUT2D eigenvalue weighted by atomic mass is 16.6. The van der Waals surface area contributed by atoms with Crippen molar-refractivity contribution in [2.75, 3.05) is 6.61 Å². The SMILES string of the molecule is C[C@H]1COc2cccc(O)c2CN1C(=O)OC(C)(C)C. The Morgan fingerprint density at radius 3 is 2.80 bits per heavy atom. The van der Waals surface area contributed by atoms with Crippen LogP contribution >= 0.6 is 0 Å². The lowest BCUT2D eigenvalue weighted by Crippen LogP contribution is -2.42. The largest absolute Gasteiger partial charge is 0.507 e. The van der Waals surface area contributed by atoms with Crippen LogP contribution < -0.4 is 4.74 Å². The van der Waals surface area contributed by atoms with Gasteiger partial charge in [-0.2, -0.15) is 0 Å². The first-order chi connectivity index (χ1) is 9.28. The van der Waals surface area contributed by atoms with Crippen LogP contribution in [0, 0.1) is 0 Å². The molecule has 20 heavy (non-hydrogen) atoms. The second-order valence-corrected chi connectivity index (χ2v) is 6.02. The molecule has 0 fully saturated rings. The molecule has 0 radical (unpaired) electrons. The fraction of sp³-hybridized carbons (Fsp3) is 0.533. The third-order valence-electron chi connectivity index (χ3n) is 3.08. The van der Waals surface area contributed by atoms with Crippen LogP contribution in [0.25, 0.3) is 0 Å². The number of fused-ring (bicyclic) bond motifs is 1. The Hall–Kier alpha value is -1.91. The predicted octanol–water partition coefficient (Wildman–Crippen LogP) is 2.91. The van der Waals surface area contributed by atoms with Crippen molar-refractivity contribution in [2.45, 2.75) is 45.9 Å². The van der Waals surface area contributed by atoms with Gasteiger partial charge < -0.3 is 14.6 Å². The Labute approximate surface area is 119 Å². The van der Waals surface area contributed by atoms with Crippen molar-refractivity contribution < 1.29 is 19.4 Å². The average molecular weight is 279 g/mol. The second kappa shape index (κ2) is 5.23. The lowest BCUT2D eigenvalue weighted by molar-refractivity contribution is 0.0132. The lowest BCUT2D eigenvalue weighted by atomic mass is 10.1. The highest BCUT2D eigenvalue weighted by Gasteiger charge is 2.30. The number of carbonyl (C=O) groups excluding carboxylic acids is 1. The minimum absolute atomic E-state index is 0.128. The fourth-order valence-electron chi connectivity index (χ4n) is 2.04. The minimum Gasteiger partial charge on any atom is -0.507 e. The Balaban J connectivity index is 2.26. The molecule has 1 amide bonds. The van der Waals surface area contributed by atoms with Gasteiger partial charge in [-0.05, 0) is 39.8 Å². The Kier molecular flexibility index (Phi) is 3.79. The maximum atomic E-state index is 12.3. The molecule has 0 aliphatic carbocycles. The van der Waals surface area contributed by atoms with E-state index >= 15 is 0 Å². The van der Waals surface area contributed by atoms with E-state index in [1.54, 1.807) is 23.1 Å². The lowest BCUT2D eigenvalue weighted by Gasteiger charge is -2.29. The Morgan fingerprint density at radius 2 is 2.15 bits per heavy atom. The summed E-state index contributed by atoms with van der Waals surface area (Å²) in [5, 5.41) is 9.94. The Morgan fingerprint density at radius 1 is 1.45 bits per heavy atom. The molecule has 1 aliphatic rings. The number of hydrogen-bond donors (Lipinski definition) is 1. The molecule has 0 bridgehead atoms. The van der Waals surface area contributed by atoms with Crippen molar-refractivity contribution in [1.82, 2.24) is 4.90 Å². The highest BCUT2D eigenvalue weighted by Crippen LogP contribution is 2.32. The van der Waals surface area contributed by atoms with Crippen LogP contribution in [-0.2, 0) is 11.3 Å². The summed E-state index contributed by atoms with van der Waals surface area (Å²) in [6.45, 7) is 8.03. The molecule has 1 N–H and O–H groups in total. The van der Waals surface area contributed by atoms with E-state index in [1.807, 2.05) is 27.7 Å². The zero-order chi connectivity index (χ0) is 14.9. The first-order valence-electron chi connectivity index (χ1n) is 6.71. The van der Waals surface area contributed by atoms with E-state index in [1.165, 1.54) is 0 Å². The van der Waals surface area contributed by atoms with Gasteiger partial charge in [0.2, 0.25) is 0 Å². The van der Waals surface area contributed by atoms with Gasteiger partial charge in [0.25, 0.3) is 0 Å². The first-order valence-corrected chi connectivity index (χ1v) is 6.71. The van der Waals surface area contributed by atoms with Gasteiger partial charge in [0.1, 0.15) is 23.7 Å². The molecule has 1 heterocycles. The van der Waals surface area contributed by atoms with E-state index in [4.69, 9.17) is 9.47 Å². The minimum atomic E-state index is -0.550. The van der Waals surface area contributed by atoms with E-state index in [-0.39, 0.29) is 18.3 Å². The smallest absolute Gasteiger partial charge is 0.410 e. The number of benzene rings is 1. The van der Waals surface area contributed by atoms with Gasteiger partial charge in [0.05, 0.1) is 18.2 Å². The summed E-state index contributed by atoms with van der Waals surface area (Å²) in [5.41, 5.74) is 0.0635. The molecule has 1 atom stereocenters. The predicted molar refractivity (Wildman–Crippen MR) is 74.8 cm³/mol. The number of ether oxygens (including phenoxy) is 2. The molecule has 1 aromatic carbocycles. The first kappa shape index (κ1) is 14.5. The third-order valence-corrected chi connectivity index (χ3v) is 3.08. The molecule has 0 unspecified atom stereocenters. The number of amides is 1. The van der Waals surface area contributed by atoms with Crippen molar-refractivity contribution in [3.8, 4) is 11.5 Å². The monoisotopic (exact) mass is 279 g/mol. The van der Waals surface area contributed by atoms with E-state index < -0.39 is 11.7 Å². The standard InChI is InChI=1S/C15H21NO4/c1-10-9-19-13-7-5-6-12(17)11(13)8-16(10)14(18)20-15(2,3)4/h5-7,10,17H,8-9H2,1-4H3/t10-/m0/s1. The van der Waals surface area contributed by atoms with Gasteiger partial charge in [0.15, 0.2) is 0 Å². The molecule has 2 rings (SSSR count). The molecule has 110 valence electrons. The molecule has 0 spiro atoms. The quantitative estimate of drug-likeness (QED) is 0.793. The van der Waals surface area contributed by atoms with Crippen LogP contribution in [0.3, 0.4) is 0 Å². The van der Waals surface area contributed by atoms with Crippen molar-refractivity contribution >= 4 is 6.09 Å². The number of carbonyl (C=O) groups is 1. The van der Waals surface area contributed by atoms with E-state index in [0.717, 1.165) is 0 Å². The van der Waals surface area contributed by atoms with Crippen LogP contribution in [-0.4, -0.2) is 34.3 Å². The van der Waals surface area contributed by atoms with Gasteiger partial charge in [-0.1, -0.05) is 6.07 Å². The summed E-state index contributed by atoms with van der Waals surface area (Å²) < 4.78 is 11.1. The molecule has 0 saturated carbocycles. The summed E-state index contributed by atoms with van der Waals surface area (Å²) in [5.74, 6) is 0.744. The number of aromatic hydroxyl groups is 1. The van der Waals surface area contributed by atoms with Gasteiger partial charge in [-0.15, -0.1) is 0 Å². The van der Waals surface area contributed by atoms with Gasteiger partial charge >= 0.3 is 6.09 Å². The van der Waals surface area contributed by atoms with Crippen LogP contribution in [0.4, 0.5) is 4.79 Å². The topological polar surface area (TPSA) is 59.0 Å². The van der Waals surface area contributed by atoms with E-state index in [9.17, 15) is 9.90 Å². The summed E-state index contributed by atoms with van der Waals surface area (Å²) in [6, 6.07) is 4.98. The van der Waals surface area contributed by atoms with Crippen molar-refractivity contribution in [2.24, 2.45) is 0 Å². The van der Waals surface area contributed by atoms with Crippen molar-refractivity contribution in [3.05, 3.63) is 23.8 Å². The second-order valence-electron chi connectivity index (χ2n) is 6.02. The average Bonchev–Trinajstić information content (AvgIpc) is 2.48. The number of rotatable bonds is 0.